The summed E-state index contributed by atoms with van der Waals surface area (Å²) in [6.07, 6.45) is -4.34. The Labute approximate surface area is 87.0 Å². The molecule has 78 valence electrons. The van der Waals surface area contributed by atoms with Crippen LogP contribution >= 0.6 is 15.9 Å². The molecule has 0 saturated carbocycles. The number of nitrogen functional groups attached to an aromatic ring is 1. The number of benzene rings is 1. The smallest absolute Gasteiger partial charge is 0.422 e. The zero-order valence-corrected chi connectivity index (χ0v) is 8.52. The largest absolute Gasteiger partial charge is 0.483 e. The molecule has 1 aromatic rings. The van der Waals surface area contributed by atoms with E-state index in [4.69, 9.17) is 5.73 Å². The van der Waals surface area contributed by atoms with Crippen LogP contribution in [0.3, 0.4) is 0 Å². The molecular formula is C8H7BrF3NO. The van der Waals surface area contributed by atoms with Crippen LogP contribution in [0.25, 0.3) is 0 Å². The quantitative estimate of drug-likeness (QED) is 0.838. The van der Waals surface area contributed by atoms with E-state index in [1.54, 1.807) is 6.07 Å². The normalized spacial score (nSPS) is 11.4. The van der Waals surface area contributed by atoms with Crippen molar-refractivity contribution >= 4 is 21.6 Å². The molecule has 0 aliphatic heterocycles. The highest BCUT2D eigenvalue weighted by molar-refractivity contribution is 9.10. The second kappa shape index (κ2) is 4.08. The summed E-state index contributed by atoms with van der Waals surface area (Å²) in [6.45, 7) is -1.32. The highest BCUT2D eigenvalue weighted by atomic mass is 79.9. The standard InChI is InChI=1S/C8H7BrF3NO/c9-6-2-1-5(13)3-7(6)14-4-8(10,11)12/h1-3H,4,13H2. The molecule has 0 fully saturated rings. The molecule has 0 atom stereocenters. The molecule has 0 unspecified atom stereocenters. The fourth-order valence-electron chi connectivity index (χ4n) is 0.790. The number of hydrogen-bond donors (Lipinski definition) is 1. The number of rotatable bonds is 2. The maximum Gasteiger partial charge on any atom is 0.422 e. The Morgan fingerprint density at radius 2 is 2.00 bits per heavy atom. The van der Waals surface area contributed by atoms with Crippen molar-refractivity contribution in [3.8, 4) is 5.75 Å². The summed E-state index contributed by atoms with van der Waals surface area (Å²) in [4.78, 5) is 0. The van der Waals surface area contributed by atoms with Gasteiger partial charge in [0.25, 0.3) is 0 Å². The third-order valence-electron chi connectivity index (χ3n) is 1.35. The Balaban J connectivity index is 2.72. The van der Waals surface area contributed by atoms with Crippen LogP contribution in [-0.4, -0.2) is 12.8 Å². The van der Waals surface area contributed by atoms with Gasteiger partial charge >= 0.3 is 6.18 Å². The van der Waals surface area contributed by atoms with E-state index in [1.807, 2.05) is 0 Å². The molecule has 0 amide bonds. The van der Waals surface area contributed by atoms with Crippen LogP contribution in [0.15, 0.2) is 22.7 Å². The average Bonchev–Trinajstić information content (AvgIpc) is 2.05. The average molecular weight is 270 g/mol. The third kappa shape index (κ3) is 3.45. The lowest BCUT2D eigenvalue weighted by Crippen LogP contribution is -2.19. The molecule has 0 aliphatic rings. The van der Waals surface area contributed by atoms with Crippen molar-refractivity contribution in [3.63, 3.8) is 0 Å². The number of anilines is 1. The van der Waals surface area contributed by atoms with Gasteiger partial charge in [0.2, 0.25) is 0 Å². The molecule has 0 aromatic heterocycles. The lowest BCUT2D eigenvalue weighted by atomic mass is 10.3. The van der Waals surface area contributed by atoms with E-state index in [-0.39, 0.29) is 5.75 Å². The second-order valence-corrected chi connectivity index (χ2v) is 3.45. The first-order valence-corrected chi connectivity index (χ1v) is 4.42. The summed E-state index contributed by atoms with van der Waals surface area (Å²) in [5.74, 6) is 0.0855. The van der Waals surface area contributed by atoms with Gasteiger partial charge in [-0.3, -0.25) is 0 Å². The van der Waals surface area contributed by atoms with Crippen LogP contribution < -0.4 is 10.5 Å². The van der Waals surface area contributed by atoms with E-state index in [0.717, 1.165) is 0 Å². The third-order valence-corrected chi connectivity index (χ3v) is 2.00. The fraction of sp³-hybridized carbons (Fsp3) is 0.250. The van der Waals surface area contributed by atoms with E-state index in [2.05, 4.69) is 20.7 Å². The number of hydrogen-bond acceptors (Lipinski definition) is 2. The monoisotopic (exact) mass is 269 g/mol. The topological polar surface area (TPSA) is 35.2 Å². The molecule has 2 N–H and O–H groups in total. The van der Waals surface area contributed by atoms with Crippen LogP contribution in [-0.2, 0) is 0 Å². The van der Waals surface area contributed by atoms with E-state index < -0.39 is 12.8 Å². The van der Waals surface area contributed by atoms with E-state index in [1.165, 1.54) is 12.1 Å². The zero-order chi connectivity index (χ0) is 10.8. The van der Waals surface area contributed by atoms with E-state index >= 15 is 0 Å². The van der Waals surface area contributed by atoms with Crippen molar-refractivity contribution in [2.75, 3.05) is 12.3 Å². The summed E-state index contributed by atoms with van der Waals surface area (Å²) in [6, 6.07) is 4.42. The first-order chi connectivity index (χ1) is 6.38. The Kier molecular flexibility index (Phi) is 3.25. The molecule has 0 radical (unpaired) electrons. The van der Waals surface area contributed by atoms with Gasteiger partial charge in [-0.15, -0.1) is 0 Å². The van der Waals surface area contributed by atoms with Crippen LogP contribution in [0, 0.1) is 0 Å². The minimum Gasteiger partial charge on any atom is -0.483 e. The predicted octanol–water partition coefficient (Wildman–Crippen LogP) is 2.97. The van der Waals surface area contributed by atoms with Gasteiger partial charge in [0.05, 0.1) is 4.47 Å². The van der Waals surface area contributed by atoms with E-state index in [9.17, 15) is 13.2 Å². The molecule has 2 nitrogen and oxygen atoms in total. The van der Waals surface area contributed by atoms with Crippen molar-refractivity contribution in [1.82, 2.24) is 0 Å². The van der Waals surface area contributed by atoms with Crippen molar-refractivity contribution in [2.45, 2.75) is 6.18 Å². The zero-order valence-electron chi connectivity index (χ0n) is 6.94. The van der Waals surface area contributed by atoms with Gasteiger partial charge in [0.1, 0.15) is 5.75 Å². The van der Waals surface area contributed by atoms with Gasteiger partial charge < -0.3 is 10.5 Å². The highest BCUT2D eigenvalue weighted by Gasteiger charge is 2.28. The van der Waals surface area contributed by atoms with Gasteiger partial charge in [-0.05, 0) is 28.1 Å². The molecule has 0 heterocycles. The molecule has 14 heavy (non-hydrogen) atoms. The van der Waals surface area contributed by atoms with Crippen molar-refractivity contribution < 1.29 is 17.9 Å². The maximum atomic E-state index is 11.8. The van der Waals surface area contributed by atoms with Crippen LogP contribution in [0.4, 0.5) is 18.9 Å². The SMILES string of the molecule is Nc1ccc(Br)c(OCC(F)(F)F)c1. The van der Waals surface area contributed by atoms with Crippen molar-refractivity contribution in [3.05, 3.63) is 22.7 Å². The Hall–Kier alpha value is -0.910. The maximum absolute atomic E-state index is 11.8. The molecule has 0 bridgehead atoms. The predicted molar refractivity (Wildman–Crippen MR) is 50.1 cm³/mol. The highest BCUT2D eigenvalue weighted by Crippen LogP contribution is 2.28. The lowest BCUT2D eigenvalue weighted by molar-refractivity contribution is -0.153. The van der Waals surface area contributed by atoms with Gasteiger partial charge in [-0.25, -0.2) is 0 Å². The van der Waals surface area contributed by atoms with Crippen LogP contribution in [0.5, 0.6) is 5.75 Å². The minimum absolute atomic E-state index is 0.0855. The van der Waals surface area contributed by atoms with Crippen molar-refractivity contribution in [1.29, 1.82) is 0 Å². The molecule has 6 heteroatoms. The number of ether oxygens (including phenoxy) is 1. The summed E-state index contributed by atoms with van der Waals surface area (Å²) in [5, 5.41) is 0. The first kappa shape index (κ1) is 11.2. The van der Waals surface area contributed by atoms with Gasteiger partial charge in [0.15, 0.2) is 6.61 Å². The molecule has 0 saturated heterocycles. The molecule has 1 rings (SSSR count). The summed E-state index contributed by atoms with van der Waals surface area (Å²) < 4.78 is 40.4. The Morgan fingerprint density at radius 3 is 2.57 bits per heavy atom. The summed E-state index contributed by atoms with van der Waals surface area (Å²) >= 11 is 3.05. The number of halogens is 4. The molecular weight excluding hydrogens is 263 g/mol. The second-order valence-electron chi connectivity index (χ2n) is 2.59. The molecule has 1 aromatic carbocycles. The van der Waals surface area contributed by atoms with Crippen molar-refractivity contribution in [2.24, 2.45) is 0 Å². The molecule has 0 aliphatic carbocycles. The number of alkyl halides is 3. The Morgan fingerprint density at radius 1 is 1.36 bits per heavy atom. The summed E-state index contributed by atoms with van der Waals surface area (Å²) in [5.41, 5.74) is 5.74. The lowest BCUT2D eigenvalue weighted by Gasteiger charge is -2.10. The molecule has 0 spiro atoms. The van der Waals surface area contributed by atoms with Gasteiger partial charge in [-0.1, -0.05) is 0 Å². The van der Waals surface area contributed by atoms with Crippen LogP contribution in [0.1, 0.15) is 0 Å². The fourth-order valence-corrected chi connectivity index (χ4v) is 1.15. The van der Waals surface area contributed by atoms with Crippen LogP contribution in [0.2, 0.25) is 0 Å². The van der Waals surface area contributed by atoms with E-state index in [0.29, 0.717) is 10.2 Å². The first-order valence-electron chi connectivity index (χ1n) is 3.63. The minimum atomic E-state index is -4.34. The Bertz CT molecular complexity index is 327. The van der Waals surface area contributed by atoms with Gasteiger partial charge in [-0.2, -0.15) is 13.2 Å². The summed E-state index contributed by atoms with van der Waals surface area (Å²) in [7, 11) is 0. The van der Waals surface area contributed by atoms with Gasteiger partial charge in [0, 0.05) is 11.8 Å². The number of nitrogens with two attached hydrogens (primary N) is 1.